The monoisotopic (exact) mass is 331 g/mol. The van der Waals surface area contributed by atoms with Crippen LogP contribution in [0.4, 0.5) is 0 Å². The number of sulfonamides is 1. The summed E-state index contributed by atoms with van der Waals surface area (Å²) in [5.41, 5.74) is 0. The molecular weight excluding hydrogens is 302 g/mol. The highest BCUT2D eigenvalue weighted by atomic mass is 32.2. The van der Waals surface area contributed by atoms with Crippen molar-refractivity contribution in [2.75, 3.05) is 0 Å². The Morgan fingerprint density at radius 2 is 1.55 bits per heavy atom. The molecule has 0 saturated heterocycles. The highest BCUT2D eigenvalue weighted by Crippen LogP contribution is 2.31. The Labute approximate surface area is 134 Å². The van der Waals surface area contributed by atoms with E-state index in [1.807, 2.05) is 13.8 Å². The molecule has 1 aliphatic rings. The molecule has 0 unspecified atom stereocenters. The lowest BCUT2D eigenvalue weighted by atomic mass is 9.84. The van der Waals surface area contributed by atoms with E-state index in [4.69, 9.17) is 0 Å². The lowest BCUT2D eigenvalue weighted by molar-refractivity contribution is -0.123. The minimum Gasteiger partial charge on any atom is -0.299 e. The van der Waals surface area contributed by atoms with Crippen LogP contribution in [0.15, 0.2) is 0 Å². The van der Waals surface area contributed by atoms with Crippen LogP contribution < -0.4 is 4.72 Å². The second-order valence-electron chi connectivity index (χ2n) is 6.97. The van der Waals surface area contributed by atoms with Gasteiger partial charge in [-0.05, 0) is 38.0 Å². The van der Waals surface area contributed by atoms with E-state index >= 15 is 0 Å². The van der Waals surface area contributed by atoms with Gasteiger partial charge in [-0.3, -0.25) is 14.3 Å². The maximum absolute atomic E-state index is 12.2. The van der Waals surface area contributed by atoms with Crippen molar-refractivity contribution in [2.24, 2.45) is 17.8 Å². The van der Waals surface area contributed by atoms with E-state index in [0.717, 1.165) is 19.3 Å². The van der Waals surface area contributed by atoms with Crippen molar-refractivity contribution < 1.29 is 18.0 Å². The summed E-state index contributed by atoms with van der Waals surface area (Å²) in [6, 6.07) is 0. The van der Waals surface area contributed by atoms with Crippen molar-refractivity contribution in [3.63, 3.8) is 0 Å². The van der Waals surface area contributed by atoms with Gasteiger partial charge in [-0.15, -0.1) is 0 Å². The van der Waals surface area contributed by atoms with E-state index in [0.29, 0.717) is 25.2 Å². The average Bonchev–Trinajstić information content (AvgIpc) is 2.44. The van der Waals surface area contributed by atoms with Crippen LogP contribution in [0.2, 0.25) is 0 Å². The molecule has 1 saturated carbocycles. The van der Waals surface area contributed by atoms with Gasteiger partial charge in [0.05, 0.1) is 5.25 Å². The third kappa shape index (κ3) is 5.71. The van der Waals surface area contributed by atoms with E-state index in [1.54, 1.807) is 13.8 Å². The summed E-state index contributed by atoms with van der Waals surface area (Å²) < 4.78 is 26.5. The first-order valence-electron chi connectivity index (χ1n) is 8.21. The van der Waals surface area contributed by atoms with Crippen LogP contribution in [0.1, 0.15) is 66.2 Å². The largest absolute Gasteiger partial charge is 0.299 e. The fraction of sp³-hybridized carbons (Fsp3) is 0.875. The molecule has 22 heavy (non-hydrogen) atoms. The van der Waals surface area contributed by atoms with Crippen molar-refractivity contribution in [1.82, 2.24) is 4.72 Å². The van der Waals surface area contributed by atoms with Gasteiger partial charge in [0, 0.05) is 18.3 Å². The van der Waals surface area contributed by atoms with Gasteiger partial charge in [0.15, 0.2) is 0 Å². The van der Waals surface area contributed by atoms with Crippen LogP contribution in [0, 0.1) is 17.8 Å². The third-order valence-electron chi connectivity index (χ3n) is 4.44. The van der Waals surface area contributed by atoms with Gasteiger partial charge in [-0.1, -0.05) is 27.7 Å². The van der Waals surface area contributed by atoms with Crippen molar-refractivity contribution in [3.05, 3.63) is 0 Å². The number of carbonyl (C=O) groups is 2. The Balaban J connectivity index is 2.44. The van der Waals surface area contributed by atoms with E-state index in [9.17, 15) is 18.0 Å². The summed E-state index contributed by atoms with van der Waals surface area (Å²) in [6.45, 7) is 7.16. The Morgan fingerprint density at radius 1 is 1.00 bits per heavy atom. The van der Waals surface area contributed by atoms with E-state index in [2.05, 4.69) is 4.72 Å². The molecule has 0 atom stereocenters. The normalized spacial score (nSPS) is 22.8. The molecule has 6 heteroatoms. The molecule has 0 aromatic rings. The minimum atomic E-state index is -3.56. The summed E-state index contributed by atoms with van der Waals surface area (Å²) in [6.07, 6.45) is 4.20. The maximum Gasteiger partial charge on any atom is 0.237 e. The molecular formula is C16H29NO4S. The fourth-order valence-electron chi connectivity index (χ4n) is 2.71. The van der Waals surface area contributed by atoms with Gasteiger partial charge in [0.2, 0.25) is 15.9 Å². The van der Waals surface area contributed by atoms with Crippen LogP contribution in [-0.4, -0.2) is 25.4 Å². The number of hydrogen-bond acceptors (Lipinski definition) is 4. The first kappa shape index (κ1) is 19.1. The second kappa shape index (κ2) is 8.09. The van der Waals surface area contributed by atoms with Gasteiger partial charge < -0.3 is 0 Å². The molecule has 1 aliphatic carbocycles. The number of carbonyl (C=O) groups excluding carboxylic acids is 2. The Hall–Kier alpha value is -0.910. The van der Waals surface area contributed by atoms with Crippen LogP contribution in [0.3, 0.4) is 0 Å². The lowest BCUT2D eigenvalue weighted by Crippen LogP contribution is -2.41. The molecule has 1 amide bonds. The van der Waals surface area contributed by atoms with Gasteiger partial charge >= 0.3 is 0 Å². The van der Waals surface area contributed by atoms with Gasteiger partial charge in [-0.2, -0.15) is 0 Å². The highest BCUT2D eigenvalue weighted by molar-refractivity contribution is 7.90. The number of amides is 1. The van der Waals surface area contributed by atoms with Crippen LogP contribution >= 0.6 is 0 Å². The maximum atomic E-state index is 12.2. The Morgan fingerprint density at radius 3 is 2.00 bits per heavy atom. The molecule has 5 nitrogen and oxygen atoms in total. The summed E-state index contributed by atoms with van der Waals surface area (Å²) in [4.78, 5) is 23.2. The first-order chi connectivity index (χ1) is 10.1. The molecule has 0 radical (unpaired) electrons. The third-order valence-corrected chi connectivity index (χ3v) is 6.28. The van der Waals surface area contributed by atoms with Crippen molar-refractivity contribution in [1.29, 1.82) is 0 Å². The zero-order valence-corrected chi connectivity index (χ0v) is 14.9. The number of hydrogen-bond donors (Lipinski definition) is 1. The van der Waals surface area contributed by atoms with Gasteiger partial charge in [-0.25, -0.2) is 8.42 Å². The smallest absolute Gasteiger partial charge is 0.237 e. The number of rotatable bonds is 7. The quantitative estimate of drug-likeness (QED) is 0.777. The topological polar surface area (TPSA) is 80.3 Å². The Bertz CT molecular complexity index is 488. The Kier molecular flexibility index (Phi) is 7.03. The van der Waals surface area contributed by atoms with Crippen molar-refractivity contribution in [3.8, 4) is 0 Å². The zero-order valence-electron chi connectivity index (χ0n) is 14.1. The molecule has 0 aromatic carbocycles. The summed E-state index contributed by atoms with van der Waals surface area (Å²) in [5.74, 6) is -0.00494. The predicted molar refractivity (Wildman–Crippen MR) is 86.7 cm³/mol. The van der Waals surface area contributed by atoms with Crippen molar-refractivity contribution in [2.45, 2.75) is 71.5 Å². The SMILES string of the molecule is CC(C)C(=O)CCC1CCC(S(=O)(=O)NC(=O)C(C)C)CC1. The standard InChI is InChI=1S/C16H29NO4S/c1-11(2)15(18)10-7-13-5-8-14(9-6-13)22(20,21)17-16(19)12(3)4/h11-14H,5-10H2,1-4H3,(H,17,19). The molecule has 128 valence electrons. The van der Waals surface area contributed by atoms with Crippen LogP contribution in [-0.2, 0) is 19.6 Å². The molecule has 0 aliphatic heterocycles. The highest BCUT2D eigenvalue weighted by Gasteiger charge is 2.32. The van der Waals surface area contributed by atoms with E-state index in [1.165, 1.54) is 0 Å². The molecule has 1 N–H and O–H groups in total. The first-order valence-corrected chi connectivity index (χ1v) is 9.76. The van der Waals surface area contributed by atoms with Gasteiger partial charge in [0.25, 0.3) is 0 Å². The fourth-order valence-corrected chi connectivity index (χ4v) is 4.28. The molecule has 0 spiro atoms. The van der Waals surface area contributed by atoms with E-state index in [-0.39, 0.29) is 17.6 Å². The van der Waals surface area contributed by atoms with Crippen LogP contribution in [0.5, 0.6) is 0 Å². The lowest BCUT2D eigenvalue weighted by Gasteiger charge is -2.28. The summed E-state index contributed by atoms with van der Waals surface area (Å²) >= 11 is 0. The minimum absolute atomic E-state index is 0.0722. The summed E-state index contributed by atoms with van der Waals surface area (Å²) in [7, 11) is -3.56. The van der Waals surface area contributed by atoms with Gasteiger partial charge in [0.1, 0.15) is 5.78 Å². The van der Waals surface area contributed by atoms with Crippen molar-refractivity contribution >= 4 is 21.7 Å². The summed E-state index contributed by atoms with van der Waals surface area (Å²) in [5, 5.41) is -0.479. The van der Waals surface area contributed by atoms with Crippen LogP contribution in [0.25, 0.3) is 0 Å². The second-order valence-corrected chi connectivity index (χ2v) is 8.93. The molecule has 0 aromatic heterocycles. The van der Waals surface area contributed by atoms with E-state index < -0.39 is 21.2 Å². The average molecular weight is 331 g/mol. The molecule has 1 rings (SSSR count). The predicted octanol–water partition coefficient (Wildman–Crippen LogP) is 2.65. The molecule has 1 fully saturated rings. The number of Topliss-reactive ketones (excluding diaryl/α,β-unsaturated/α-hetero) is 1. The number of ketones is 1. The molecule has 0 heterocycles. The number of nitrogens with one attached hydrogen (secondary N) is 1. The molecule has 0 bridgehead atoms. The zero-order chi connectivity index (χ0) is 16.9.